The Bertz CT molecular complexity index is 1080. The Morgan fingerprint density at radius 1 is 1.23 bits per heavy atom. The highest BCUT2D eigenvalue weighted by molar-refractivity contribution is 5.96. The molecule has 3 rings (SSSR count). The van der Waals surface area contributed by atoms with Gasteiger partial charge in [-0.15, -0.1) is 0 Å². The fourth-order valence-corrected chi connectivity index (χ4v) is 3.46. The third kappa shape index (κ3) is 4.38. The highest BCUT2D eigenvalue weighted by atomic mass is 19.1. The molecule has 6 nitrogen and oxygen atoms in total. The van der Waals surface area contributed by atoms with Gasteiger partial charge in [-0.2, -0.15) is 5.26 Å². The number of urea groups is 1. The van der Waals surface area contributed by atoms with Crippen LogP contribution in [0.1, 0.15) is 26.3 Å². The molecule has 0 fully saturated rings. The average molecular weight is 408 g/mol. The third-order valence-corrected chi connectivity index (χ3v) is 4.65. The van der Waals surface area contributed by atoms with E-state index in [0.29, 0.717) is 23.5 Å². The van der Waals surface area contributed by atoms with Crippen LogP contribution in [-0.4, -0.2) is 29.9 Å². The molecule has 2 amide bonds. The number of nitrogens with zero attached hydrogens (tertiary/aromatic N) is 2. The number of amides is 2. The van der Waals surface area contributed by atoms with Crippen LogP contribution in [0, 0.1) is 11.3 Å². The Kier molecular flexibility index (Phi) is 6.58. The predicted octanol–water partition coefficient (Wildman–Crippen LogP) is 5.08. The molecule has 0 aliphatic heterocycles. The van der Waals surface area contributed by atoms with Crippen molar-refractivity contribution in [2.75, 3.05) is 18.6 Å². The molecule has 156 valence electrons. The van der Waals surface area contributed by atoms with Gasteiger partial charge < -0.3 is 19.9 Å². The van der Waals surface area contributed by atoms with Gasteiger partial charge in [0, 0.05) is 29.7 Å². The number of carbonyl (C=O) groups is 1. The molecule has 1 aromatic heterocycles. The quantitative estimate of drug-likeness (QED) is 0.572. The SMILES string of the molecule is CCn1c(-c2ccc(NC(=O)NC(C)C)cc2)c(C#N)c2ccc(OCCF)cc21. The lowest BCUT2D eigenvalue weighted by Gasteiger charge is -2.12. The predicted molar refractivity (Wildman–Crippen MR) is 117 cm³/mol. The van der Waals surface area contributed by atoms with Crippen molar-refractivity contribution >= 4 is 22.6 Å². The van der Waals surface area contributed by atoms with Crippen molar-refractivity contribution in [3.63, 3.8) is 0 Å². The van der Waals surface area contributed by atoms with Crippen LogP contribution < -0.4 is 15.4 Å². The second kappa shape index (κ2) is 9.31. The second-order valence-electron chi connectivity index (χ2n) is 7.13. The number of alkyl halides is 1. The van der Waals surface area contributed by atoms with E-state index in [4.69, 9.17) is 4.74 Å². The molecule has 0 saturated carbocycles. The van der Waals surface area contributed by atoms with Crippen molar-refractivity contribution in [1.29, 1.82) is 5.26 Å². The first kappa shape index (κ1) is 21.2. The largest absolute Gasteiger partial charge is 0.491 e. The number of carbonyl (C=O) groups excluding carboxylic acids is 1. The molecule has 0 saturated heterocycles. The van der Waals surface area contributed by atoms with Crippen molar-refractivity contribution in [3.8, 4) is 23.1 Å². The average Bonchev–Trinajstić information content (AvgIpc) is 3.04. The van der Waals surface area contributed by atoms with Gasteiger partial charge >= 0.3 is 6.03 Å². The summed E-state index contributed by atoms with van der Waals surface area (Å²) in [7, 11) is 0. The highest BCUT2D eigenvalue weighted by Crippen LogP contribution is 2.35. The van der Waals surface area contributed by atoms with Gasteiger partial charge in [0.25, 0.3) is 0 Å². The third-order valence-electron chi connectivity index (χ3n) is 4.65. The van der Waals surface area contributed by atoms with E-state index in [9.17, 15) is 14.4 Å². The maximum absolute atomic E-state index is 12.5. The van der Waals surface area contributed by atoms with E-state index in [1.54, 1.807) is 6.07 Å². The van der Waals surface area contributed by atoms with E-state index in [2.05, 4.69) is 16.7 Å². The van der Waals surface area contributed by atoms with Gasteiger partial charge in [-0.25, -0.2) is 9.18 Å². The number of fused-ring (bicyclic) bond motifs is 1. The Morgan fingerprint density at radius 3 is 2.57 bits per heavy atom. The first-order valence-corrected chi connectivity index (χ1v) is 9.91. The second-order valence-corrected chi connectivity index (χ2v) is 7.13. The number of nitriles is 1. The van der Waals surface area contributed by atoms with Gasteiger partial charge in [0.15, 0.2) is 0 Å². The summed E-state index contributed by atoms with van der Waals surface area (Å²) in [6.45, 7) is 5.88. The Hall–Kier alpha value is -3.53. The summed E-state index contributed by atoms with van der Waals surface area (Å²) in [6, 6.07) is 14.9. The molecule has 0 bridgehead atoms. The fraction of sp³-hybridized carbons (Fsp3) is 0.304. The Morgan fingerprint density at radius 2 is 1.97 bits per heavy atom. The molecule has 2 N–H and O–H groups in total. The van der Waals surface area contributed by atoms with E-state index in [1.807, 2.05) is 61.7 Å². The van der Waals surface area contributed by atoms with Crippen molar-refractivity contribution in [1.82, 2.24) is 9.88 Å². The summed E-state index contributed by atoms with van der Waals surface area (Å²) in [5, 5.41) is 16.2. The molecule has 0 spiro atoms. The number of aromatic nitrogens is 1. The Balaban J connectivity index is 2.00. The summed E-state index contributed by atoms with van der Waals surface area (Å²) in [5.74, 6) is 0.569. The van der Waals surface area contributed by atoms with Crippen molar-refractivity contribution in [2.45, 2.75) is 33.4 Å². The molecule has 0 aliphatic carbocycles. The first-order valence-electron chi connectivity index (χ1n) is 9.91. The lowest BCUT2D eigenvalue weighted by Crippen LogP contribution is -2.34. The van der Waals surface area contributed by atoms with Crippen molar-refractivity contribution in [2.24, 2.45) is 0 Å². The van der Waals surface area contributed by atoms with Crippen LogP contribution in [-0.2, 0) is 6.54 Å². The van der Waals surface area contributed by atoms with Crippen LogP contribution in [0.15, 0.2) is 42.5 Å². The van der Waals surface area contributed by atoms with E-state index in [1.165, 1.54) is 0 Å². The summed E-state index contributed by atoms with van der Waals surface area (Å²) in [5.41, 5.74) is 3.76. The van der Waals surface area contributed by atoms with Gasteiger partial charge in [0.2, 0.25) is 0 Å². The zero-order valence-electron chi connectivity index (χ0n) is 17.3. The van der Waals surface area contributed by atoms with Gasteiger partial charge in [-0.05, 0) is 50.6 Å². The van der Waals surface area contributed by atoms with Gasteiger partial charge in [-0.3, -0.25) is 0 Å². The summed E-state index contributed by atoms with van der Waals surface area (Å²) in [6.07, 6.45) is 0. The maximum Gasteiger partial charge on any atom is 0.319 e. The standard InChI is InChI=1S/C23H25FN4O2/c1-4-28-21-13-18(30-12-11-24)9-10-19(21)20(14-25)22(28)16-5-7-17(8-6-16)27-23(29)26-15(2)3/h5-10,13,15H,4,11-12H2,1-3H3,(H2,26,27,29). The first-order chi connectivity index (χ1) is 14.5. The van der Waals surface area contributed by atoms with Crippen molar-refractivity contribution in [3.05, 3.63) is 48.0 Å². The lowest BCUT2D eigenvalue weighted by molar-refractivity contribution is 0.250. The zero-order chi connectivity index (χ0) is 21.7. The normalized spacial score (nSPS) is 10.8. The number of aryl methyl sites for hydroxylation is 1. The molecule has 30 heavy (non-hydrogen) atoms. The van der Waals surface area contributed by atoms with Crippen LogP contribution in [0.25, 0.3) is 22.2 Å². The lowest BCUT2D eigenvalue weighted by atomic mass is 10.1. The van der Waals surface area contributed by atoms with Crippen LogP contribution in [0.5, 0.6) is 5.75 Å². The minimum absolute atomic E-state index is 0.00481. The summed E-state index contributed by atoms with van der Waals surface area (Å²) in [4.78, 5) is 11.9. The molecular formula is C23H25FN4O2. The molecular weight excluding hydrogens is 383 g/mol. The number of rotatable bonds is 7. The van der Waals surface area contributed by atoms with Gasteiger partial charge in [0.05, 0.1) is 16.8 Å². The molecule has 7 heteroatoms. The maximum atomic E-state index is 12.5. The summed E-state index contributed by atoms with van der Waals surface area (Å²) < 4.78 is 19.9. The summed E-state index contributed by atoms with van der Waals surface area (Å²) >= 11 is 0. The molecule has 0 aliphatic rings. The minimum atomic E-state index is -0.558. The van der Waals surface area contributed by atoms with Crippen LogP contribution >= 0.6 is 0 Å². The van der Waals surface area contributed by atoms with Gasteiger partial charge in [0.1, 0.15) is 25.1 Å². The van der Waals surface area contributed by atoms with Gasteiger partial charge in [-0.1, -0.05) is 12.1 Å². The van der Waals surface area contributed by atoms with Crippen LogP contribution in [0.2, 0.25) is 0 Å². The van der Waals surface area contributed by atoms with Crippen LogP contribution in [0.3, 0.4) is 0 Å². The number of ether oxygens (including phenoxy) is 1. The van der Waals surface area contributed by atoms with Crippen molar-refractivity contribution < 1.29 is 13.9 Å². The highest BCUT2D eigenvalue weighted by Gasteiger charge is 2.18. The number of hydrogen-bond donors (Lipinski definition) is 2. The Labute approximate surface area is 175 Å². The molecule has 3 aromatic rings. The molecule has 0 atom stereocenters. The smallest absolute Gasteiger partial charge is 0.319 e. The van der Waals surface area contributed by atoms with Crippen LogP contribution in [0.4, 0.5) is 14.9 Å². The number of nitrogens with one attached hydrogen (secondary N) is 2. The molecule has 0 radical (unpaired) electrons. The van der Waals surface area contributed by atoms with E-state index in [-0.39, 0.29) is 18.7 Å². The van der Waals surface area contributed by atoms with E-state index >= 15 is 0 Å². The number of halogens is 1. The number of anilines is 1. The number of hydrogen-bond acceptors (Lipinski definition) is 3. The van der Waals surface area contributed by atoms with E-state index in [0.717, 1.165) is 22.2 Å². The molecule has 2 aromatic carbocycles. The fourth-order valence-electron chi connectivity index (χ4n) is 3.46. The molecule has 1 heterocycles. The topological polar surface area (TPSA) is 79.1 Å². The monoisotopic (exact) mass is 408 g/mol. The molecule has 0 unspecified atom stereocenters. The minimum Gasteiger partial charge on any atom is -0.491 e. The zero-order valence-corrected chi connectivity index (χ0v) is 17.3. The van der Waals surface area contributed by atoms with E-state index < -0.39 is 6.67 Å². The number of benzene rings is 2.